The highest BCUT2D eigenvalue weighted by atomic mass is 16.6. The molecule has 10 nitrogen and oxygen atoms in total. The normalized spacial score (nSPS) is 11.6. The highest BCUT2D eigenvalue weighted by molar-refractivity contribution is 5.79. The van der Waals surface area contributed by atoms with Crippen LogP contribution in [0, 0.1) is 10.1 Å². The Labute approximate surface area is 162 Å². The van der Waals surface area contributed by atoms with Gasteiger partial charge in [0.2, 0.25) is 5.91 Å². The molecule has 0 saturated heterocycles. The molecular formula is C18H24N4O6. The number of methoxy groups -OCH3 is 1. The number of aromatic nitrogens is 2. The second-order valence-corrected chi connectivity index (χ2v) is 5.80. The molecule has 0 spiro atoms. The monoisotopic (exact) mass is 392 g/mol. The maximum Gasteiger partial charge on any atom is 0.350 e. The molecule has 1 unspecified atom stereocenters. The van der Waals surface area contributed by atoms with Crippen molar-refractivity contribution < 1.29 is 23.9 Å². The summed E-state index contributed by atoms with van der Waals surface area (Å²) >= 11 is 0. The van der Waals surface area contributed by atoms with E-state index in [0.717, 1.165) is 5.56 Å². The Hall–Kier alpha value is -3.30. The molecule has 0 aliphatic heterocycles. The summed E-state index contributed by atoms with van der Waals surface area (Å²) in [5.41, 5.74) is 0.534. The first-order valence-corrected chi connectivity index (χ1v) is 8.84. The van der Waals surface area contributed by atoms with E-state index >= 15 is 0 Å². The minimum Gasteiger partial charge on any atom is -0.490 e. The van der Waals surface area contributed by atoms with Crippen molar-refractivity contribution >= 4 is 11.6 Å². The second-order valence-electron chi connectivity index (χ2n) is 5.80. The number of nitrogens with one attached hydrogen (secondary N) is 1. The molecule has 152 valence electrons. The van der Waals surface area contributed by atoms with Gasteiger partial charge in [0.15, 0.2) is 11.5 Å². The number of hydrogen-bond acceptors (Lipinski definition) is 7. The summed E-state index contributed by atoms with van der Waals surface area (Å²) in [5.74, 6) is 0.768. The number of carbonyl (C=O) groups is 1. The van der Waals surface area contributed by atoms with E-state index in [1.807, 2.05) is 19.9 Å². The van der Waals surface area contributed by atoms with Crippen molar-refractivity contribution in [1.82, 2.24) is 15.1 Å². The van der Waals surface area contributed by atoms with Crippen LogP contribution in [0.4, 0.5) is 5.69 Å². The van der Waals surface area contributed by atoms with Crippen molar-refractivity contribution in [3.8, 4) is 17.4 Å². The molecule has 0 radical (unpaired) electrons. The summed E-state index contributed by atoms with van der Waals surface area (Å²) in [4.78, 5) is 22.8. The first kappa shape index (κ1) is 21.0. The third-order valence-electron chi connectivity index (χ3n) is 3.92. The van der Waals surface area contributed by atoms with Crippen molar-refractivity contribution in [2.75, 3.05) is 20.3 Å². The molecular weight excluding hydrogens is 368 g/mol. The summed E-state index contributed by atoms with van der Waals surface area (Å²) in [6.07, 6.45) is 1.17. The average molecular weight is 392 g/mol. The van der Waals surface area contributed by atoms with Gasteiger partial charge in [-0.25, -0.2) is 4.68 Å². The Morgan fingerprint density at radius 1 is 1.29 bits per heavy atom. The second kappa shape index (κ2) is 9.58. The molecule has 1 N–H and O–H groups in total. The highest BCUT2D eigenvalue weighted by Gasteiger charge is 2.25. The smallest absolute Gasteiger partial charge is 0.350 e. The fraction of sp³-hybridized carbons (Fsp3) is 0.444. The van der Waals surface area contributed by atoms with Gasteiger partial charge in [-0.05, 0) is 38.5 Å². The van der Waals surface area contributed by atoms with E-state index < -0.39 is 11.0 Å². The van der Waals surface area contributed by atoms with E-state index in [4.69, 9.17) is 14.2 Å². The van der Waals surface area contributed by atoms with Crippen LogP contribution in [-0.4, -0.2) is 40.9 Å². The third kappa shape index (κ3) is 4.90. The van der Waals surface area contributed by atoms with Crippen LogP contribution in [-0.2, 0) is 11.3 Å². The number of hydrogen-bond donors (Lipinski definition) is 1. The zero-order valence-corrected chi connectivity index (χ0v) is 16.3. The molecule has 1 aromatic carbocycles. The molecule has 0 aliphatic carbocycles. The molecule has 2 aromatic rings. The fourth-order valence-electron chi connectivity index (χ4n) is 2.50. The highest BCUT2D eigenvalue weighted by Crippen LogP contribution is 2.29. The summed E-state index contributed by atoms with van der Waals surface area (Å²) < 4.78 is 17.2. The van der Waals surface area contributed by atoms with Gasteiger partial charge in [0.05, 0.1) is 25.2 Å². The van der Waals surface area contributed by atoms with Gasteiger partial charge in [0, 0.05) is 6.54 Å². The van der Waals surface area contributed by atoms with E-state index in [2.05, 4.69) is 10.4 Å². The zero-order chi connectivity index (χ0) is 20.7. The van der Waals surface area contributed by atoms with E-state index in [1.165, 1.54) is 18.0 Å². The Morgan fingerprint density at radius 2 is 1.96 bits per heavy atom. The van der Waals surface area contributed by atoms with Crippen LogP contribution in [0.3, 0.4) is 0 Å². The van der Waals surface area contributed by atoms with Gasteiger partial charge < -0.3 is 19.5 Å². The lowest BCUT2D eigenvalue weighted by Gasteiger charge is -2.14. The minimum absolute atomic E-state index is 0.141. The van der Waals surface area contributed by atoms with E-state index in [0.29, 0.717) is 24.7 Å². The first-order valence-electron chi connectivity index (χ1n) is 8.84. The third-order valence-corrected chi connectivity index (χ3v) is 3.92. The predicted octanol–water partition coefficient (Wildman–Crippen LogP) is 2.47. The van der Waals surface area contributed by atoms with Gasteiger partial charge in [0.25, 0.3) is 0 Å². The maximum absolute atomic E-state index is 12.4. The molecule has 1 atom stereocenters. The molecule has 1 heterocycles. The molecule has 0 bridgehead atoms. The van der Waals surface area contributed by atoms with Gasteiger partial charge in [-0.2, -0.15) is 0 Å². The molecule has 10 heteroatoms. The lowest BCUT2D eigenvalue weighted by atomic mass is 10.2. The molecule has 28 heavy (non-hydrogen) atoms. The lowest BCUT2D eigenvalue weighted by molar-refractivity contribution is -0.385. The summed E-state index contributed by atoms with van der Waals surface area (Å²) in [7, 11) is 1.28. The average Bonchev–Trinajstić information content (AvgIpc) is 3.12. The Bertz CT molecular complexity index is 835. The fourth-order valence-corrected chi connectivity index (χ4v) is 2.50. The summed E-state index contributed by atoms with van der Waals surface area (Å²) in [6, 6.07) is 4.68. The van der Waals surface area contributed by atoms with Crippen LogP contribution in [0.15, 0.2) is 24.4 Å². The zero-order valence-electron chi connectivity index (χ0n) is 16.3. The van der Waals surface area contributed by atoms with Gasteiger partial charge in [0.1, 0.15) is 12.2 Å². The Balaban J connectivity index is 2.07. The van der Waals surface area contributed by atoms with E-state index in [1.54, 1.807) is 19.1 Å². The van der Waals surface area contributed by atoms with Crippen molar-refractivity contribution in [1.29, 1.82) is 0 Å². The first-order chi connectivity index (χ1) is 13.4. The SMILES string of the molecule is CCOc1ccc(CNC(=O)C(C)n2cc([N+](=O)[O-])c(OC)n2)cc1OCC. The molecule has 2 rings (SSSR count). The van der Waals surface area contributed by atoms with Crippen molar-refractivity contribution in [2.45, 2.75) is 33.4 Å². The molecule has 0 saturated carbocycles. The minimum atomic E-state index is -0.753. The van der Waals surface area contributed by atoms with Gasteiger partial charge in [-0.15, -0.1) is 5.10 Å². The molecule has 0 fully saturated rings. The molecule has 1 aromatic heterocycles. The quantitative estimate of drug-likeness (QED) is 0.487. The molecule has 1 amide bonds. The number of nitrogens with zero attached hydrogens (tertiary/aromatic N) is 3. The van der Waals surface area contributed by atoms with Crippen LogP contribution < -0.4 is 19.5 Å². The van der Waals surface area contributed by atoms with Crippen LogP contribution in [0.5, 0.6) is 17.4 Å². The summed E-state index contributed by atoms with van der Waals surface area (Å²) in [6.45, 7) is 6.63. The van der Waals surface area contributed by atoms with Gasteiger partial charge in [-0.1, -0.05) is 6.07 Å². The van der Waals surface area contributed by atoms with E-state index in [-0.39, 0.29) is 24.0 Å². The number of ether oxygens (including phenoxy) is 3. The predicted molar refractivity (Wildman–Crippen MR) is 101 cm³/mol. The van der Waals surface area contributed by atoms with Crippen molar-refractivity contribution in [3.05, 3.63) is 40.1 Å². The van der Waals surface area contributed by atoms with Crippen LogP contribution >= 0.6 is 0 Å². The largest absolute Gasteiger partial charge is 0.490 e. The topological polar surface area (TPSA) is 118 Å². The van der Waals surface area contributed by atoms with Gasteiger partial charge in [-0.3, -0.25) is 14.9 Å². The van der Waals surface area contributed by atoms with Crippen molar-refractivity contribution in [2.24, 2.45) is 0 Å². The number of rotatable bonds is 10. The number of benzene rings is 1. The van der Waals surface area contributed by atoms with Crippen LogP contribution in [0.2, 0.25) is 0 Å². The van der Waals surface area contributed by atoms with Crippen molar-refractivity contribution in [3.63, 3.8) is 0 Å². The van der Waals surface area contributed by atoms with E-state index in [9.17, 15) is 14.9 Å². The number of nitro groups is 1. The van der Waals surface area contributed by atoms with Crippen LogP contribution in [0.25, 0.3) is 0 Å². The summed E-state index contributed by atoms with van der Waals surface area (Å²) in [5, 5.41) is 17.7. The Kier molecular flexibility index (Phi) is 7.19. The molecule has 0 aliphatic rings. The van der Waals surface area contributed by atoms with Crippen LogP contribution in [0.1, 0.15) is 32.4 Å². The lowest BCUT2D eigenvalue weighted by Crippen LogP contribution is -2.30. The number of carbonyl (C=O) groups excluding carboxylic acids is 1. The van der Waals surface area contributed by atoms with Gasteiger partial charge >= 0.3 is 11.6 Å². The number of amides is 1. The Morgan fingerprint density at radius 3 is 2.54 bits per heavy atom. The maximum atomic E-state index is 12.4. The standard InChI is InChI=1S/C18H24N4O6/c1-5-27-15-8-7-13(9-16(15)28-6-2)10-19-17(23)12(3)21-11-14(22(24)25)18(20-21)26-4/h7-9,11-12H,5-6,10H2,1-4H3,(H,19,23).